The number of hydrogen-bond donors (Lipinski definition) is 0. The van der Waals surface area contributed by atoms with Gasteiger partial charge >= 0.3 is 0 Å². The van der Waals surface area contributed by atoms with Gasteiger partial charge in [-0.15, -0.1) is 0 Å². The van der Waals surface area contributed by atoms with Crippen LogP contribution in [0.25, 0.3) is 5.65 Å². The van der Waals surface area contributed by atoms with E-state index in [0.717, 1.165) is 17.1 Å². The normalized spacial score (nSPS) is 10.8. The van der Waals surface area contributed by atoms with Crippen molar-refractivity contribution in [2.75, 3.05) is 0 Å². The number of benzene rings is 1. The SMILES string of the molecule is Cc1cccc(OCc2cnc3cc(Cl)ccn23)c1. The van der Waals surface area contributed by atoms with E-state index in [9.17, 15) is 0 Å². The number of rotatable bonds is 3. The second kappa shape index (κ2) is 4.94. The van der Waals surface area contributed by atoms with E-state index in [4.69, 9.17) is 16.3 Å². The molecule has 4 heteroatoms. The number of ether oxygens (including phenoxy) is 1. The Kier molecular flexibility index (Phi) is 3.13. The molecule has 1 aromatic carbocycles. The first kappa shape index (κ1) is 12.1. The molecular formula is C15H13ClN2O. The lowest BCUT2D eigenvalue weighted by atomic mass is 10.2. The number of aryl methyl sites for hydroxylation is 1. The first-order chi connectivity index (χ1) is 9.22. The van der Waals surface area contributed by atoms with Crippen LogP contribution in [0.1, 0.15) is 11.3 Å². The predicted octanol–water partition coefficient (Wildman–Crippen LogP) is 3.88. The molecule has 2 aromatic heterocycles. The molecule has 0 aliphatic heterocycles. The second-order valence-corrected chi connectivity index (χ2v) is 4.86. The molecule has 0 bridgehead atoms. The van der Waals surface area contributed by atoms with E-state index in [1.54, 1.807) is 0 Å². The predicted molar refractivity (Wildman–Crippen MR) is 75.7 cm³/mol. The fraction of sp³-hybridized carbons (Fsp3) is 0.133. The van der Waals surface area contributed by atoms with Gasteiger partial charge < -0.3 is 9.14 Å². The third kappa shape index (κ3) is 2.56. The van der Waals surface area contributed by atoms with Crippen molar-refractivity contribution in [3.05, 3.63) is 65.1 Å². The zero-order valence-electron chi connectivity index (χ0n) is 10.5. The standard InChI is InChI=1S/C15H13ClN2O/c1-11-3-2-4-14(7-11)19-10-13-9-17-15-8-12(16)5-6-18(13)15/h2-9H,10H2,1H3. The number of halogens is 1. The number of fused-ring (bicyclic) bond motifs is 1. The minimum Gasteiger partial charge on any atom is -0.487 e. The average Bonchev–Trinajstić information content (AvgIpc) is 2.78. The minimum atomic E-state index is 0.478. The van der Waals surface area contributed by atoms with Crippen molar-refractivity contribution < 1.29 is 4.74 Å². The van der Waals surface area contributed by atoms with Crippen molar-refractivity contribution in [1.82, 2.24) is 9.38 Å². The van der Waals surface area contributed by atoms with Gasteiger partial charge in [0.1, 0.15) is 18.0 Å². The second-order valence-electron chi connectivity index (χ2n) is 4.43. The molecule has 2 heterocycles. The Hall–Kier alpha value is -2.00. The summed E-state index contributed by atoms with van der Waals surface area (Å²) in [5.74, 6) is 0.865. The fourth-order valence-corrected chi connectivity index (χ4v) is 2.13. The lowest BCUT2D eigenvalue weighted by Crippen LogP contribution is -1.99. The first-order valence-corrected chi connectivity index (χ1v) is 6.41. The summed E-state index contributed by atoms with van der Waals surface area (Å²) in [4.78, 5) is 4.31. The summed E-state index contributed by atoms with van der Waals surface area (Å²) in [5.41, 5.74) is 3.01. The van der Waals surface area contributed by atoms with Crippen molar-refractivity contribution >= 4 is 17.2 Å². The van der Waals surface area contributed by atoms with Crippen LogP contribution in [-0.4, -0.2) is 9.38 Å². The van der Waals surface area contributed by atoms with E-state index in [2.05, 4.69) is 4.98 Å². The third-order valence-electron chi connectivity index (χ3n) is 2.93. The molecule has 19 heavy (non-hydrogen) atoms. The van der Waals surface area contributed by atoms with Crippen LogP contribution in [0.2, 0.25) is 5.02 Å². The summed E-state index contributed by atoms with van der Waals surface area (Å²) in [5, 5.41) is 0.684. The molecule has 96 valence electrons. The molecule has 0 fully saturated rings. The lowest BCUT2D eigenvalue weighted by Gasteiger charge is -2.06. The van der Waals surface area contributed by atoms with Crippen molar-refractivity contribution in [2.45, 2.75) is 13.5 Å². The molecule has 0 amide bonds. The Balaban J connectivity index is 1.82. The van der Waals surface area contributed by atoms with E-state index >= 15 is 0 Å². The molecule has 0 saturated heterocycles. The maximum atomic E-state index is 5.93. The van der Waals surface area contributed by atoms with Gasteiger partial charge in [0.25, 0.3) is 0 Å². The van der Waals surface area contributed by atoms with Gasteiger partial charge in [-0.2, -0.15) is 0 Å². The van der Waals surface area contributed by atoms with Crippen molar-refractivity contribution in [3.8, 4) is 5.75 Å². The van der Waals surface area contributed by atoms with Gasteiger partial charge in [0.15, 0.2) is 0 Å². The molecule has 0 N–H and O–H groups in total. The Bertz CT molecular complexity index is 721. The van der Waals surface area contributed by atoms with E-state index in [1.165, 1.54) is 5.56 Å². The number of pyridine rings is 1. The quantitative estimate of drug-likeness (QED) is 0.723. The smallest absolute Gasteiger partial charge is 0.138 e. The number of nitrogens with zero attached hydrogens (tertiary/aromatic N) is 2. The van der Waals surface area contributed by atoms with Gasteiger partial charge in [-0.1, -0.05) is 23.7 Å². The van der Waals surface area contributed by atoms with Gasteiger partial charge in [-0.3, -0.25) is 0 Å². The van der Waals surface area contributed by atoms with E-state index in [1.807, 2.05) is 60.1 Å². The fourth-order valence-electron chi connectivity index (χ4n) is 1.98. The Morgan fingerprint density at radius 3 is 3.00 bits per heavy atom. The topological polar surface area (TPSA) is 26.5 Å². The monoisotopic (exact) mass is 272 g/mol. The van der Waals surface area contributed by atoms with E-state index in [0.29, 0.717) is 11.6 Å². The summed E-state index contributed by atoms with van der Waals surface area (Å²) in [6.45, 7) is 2.52. The first-order valence-electron chi connectivity index (χ1n) is 6.03. The highest BCUT2D eigenvalue weighted by atomic mass is 35.5. The van der Waals surface area contributed by atoms with Crippen LogP contribution in [0.4, 0.5) is 0 Å². The molecule has 0 spiro atoms. The molecule has 0 radical (unpaired) electrons. The highest BCUT2D eigenvalue weighted by molar-refractivity contribution is 6.30. The zero-order valence-corrected chi connectivity index (χ0v) is 11.3. The molecule has 0 saturated carbocycles. The van der Waals surface area contributed by atoms with Crippen LogP contribution in [0.15, 0.2) is 48.8 Å². The molecular weight excluding hydrogens is 260 g/mol. The van der Waals surface area contributed by atoms with Crippen LogP contribution in [0, 0.1) is 6.92 Å². The van der Waals surface area contributed by atoms with Crippen molar-refractivity contribution in [2.24, 2.45) is 0 Å². The maximum Gasteiger partial charge on any atom is 0.138 e. The van der Waals surface area contributed by atoms with Gasteiger partial charge in [-0.25, -0.2) is 4.98 Å². The maximum absolute atomic E-state index is 5.93. The molecule has 3 rings (SSSR count). The number of aromatic nitrogens is 2. The Morgan fingerprint density at radius 2 is 2.16 bits per heavy atom. The molecule has 0 unspecified atom stereocenters. The number of hydrogen-bond acceptors (Lipinski definition) is 2. The molecule has 0 aliphatic rings. The summed E-state index contributed by atoms with van der Waals surface area (Å²) >= 11 is 5.93. The van der Waals surface area contributed by atoms with Crippen LogP contribution in [0.3, 0.4) is 0 Å². The van der Waals surface area contributed by atoms with Crippen LogP contribution >= 0.6 is 11.6 Å². The van der Waals surface area contributed by atoms with Crippen molar-refractivity contribution in [3.63, 3.8) is 0 Å². The molecule has 0 atom stereocenters. The molecule has 3 aromatic rings. The van der Waals surface area contributed by atoms with Gasteiger partial charge in [0.2, 0.25) is 0 Å². The summed E-state index contributed by atoms with van der Waals surface area (Å²) in [7, 11) is 0. The summed E-state index contributed by atoms with van der Waals surface area (Å²) < 4.78 is 7.75. The van der Waals surface area contributed by atoms with Gasteiger partial charge in [0.05, 0.1) is 11.9 Å². The Labute approximate surface area is 116 Å². The van der Waals surface area contributed by atoms with E-state index < -0.39 is 0 Å². The minimum absolute atomic E-state index is 0.478. The zero-order chi connectivity index (χ0) is 13.2. The van der Waals surface area contributed by atoms with Gasteiger partial charge in [-0.05, 0) is 36.8 Å². The Morgan fingerprint density at radius 1 is 1.26 bits per heavy atom. The lowest BCUT2D eigenvalue weighted by molar-refractivity contribution is 0.300. The summed E-state index contributed by atoms with van der Waals surface area (Å²) in [6.07, 6.45) is 3.71. The van der Waals surface area contributed by atoms with Crippen LogP contribution < -0.4 is 4.74 Å². The number of imidazole rings is 1. The van der Waals surface area contributed by atoms with Gasteiger partial charge in [0, 0.05) is 11.2 Å². The highest BCUT2D eigenvalue weighted by Crippen LogP contribution is 2.17. The van der Waals surface area contributed by atoms with Crippen LogP contribution in [0.5, 0.6) is 5.75 Å². The van der Waals surface area contributed by atoms with Crippen LogP contribution in [-0.2, 0) is 6.61 Å². The third-order valence-corrected chi connectivity index (χ3v) is 3.16. The highest BCUT2D eigenvalue weighted by Gasteiger charge is 2.04. The summed E-state index contributed by atoms with van der Waals surface area (Å²) in [6, 6.07) is 11.7. The van der Waals surface area contributed by atoms with E-state index in [-0.39, 0.29) is 0 Å². The molecule has 3 nitrogen and oxygen atoms in total. The molecule has 0 aliphatic carbocycles. The van der Waals surface area contributed by atoms with Crippen molar-refractivity contribution in [1.29, 1.82) is 0 Å². The average molecular weight is 273 g/mol. The largest absolute Gasteiger partial charge is 0.487 e.